The number of benzene rings is 1. The molecule has 1 atom stereocenters. The fourth-order valence-electron chi connectivity index (χ4n) is 4.77. The summed E-state index contributed by atoms with van der Waals surface area (Å²) in [6.07, 6.45) is 4.26. The van der Waals surface area contributed by atoms with Gasteiger partial charge in [0.25, 0.3) is 5.91 Å². The number of cyclic esters (lactones) is 1. The molecule has 168 valence electrons. The number of carbonyl (C=O) groups is 2. The van der Waals surface area contributed by atoms with Crippen LogP contribution < -0.4 is 9.80 Å². The first-order valence-electron chi connectivity index (χ1n) is 11.5. The molecule has 1 aromatic heterocycles. The largest absolute Gasteiger partial charge is 0.447 e. The van der Waals surface area contributed by atoms with Gasteiger partial charge in [0, 0.05) is 43.6 Å². The first kappa shape index (κ1) is 20.8. The molecule has 3 fully saturated rings. The van der Waals surface area contributed by atoms with Crippen molar-refractivity contribution in [1.82, 2.24) is 9.88 Å². The van der Waals surface area contributed by atoms with Gasteiger partial charge in [0.1, 0.15) is 12.4 Å². The zero-order chi connectivity index (χ0) is 22.4. The first-order chi connectivity index (χ1) is 15.4. The van der Waals surface area contributed by atoms with E-state index in [1.165, 1.54) is 24.0 Å². The number of ether oxygens (including phenoxy) is 1. The highest BCUT2D eigenvalue weighted by molar-refractivity contribution is 5.97. The summed E-state index contributed by atoms with van der Waals surface area (Å²) < 4.78 is 5.12. The minimum absolute atomic E-state index is 0.00747. The molecule has 0 spiro atoms. The lowest BCUT2D eigenvalue weighted by Gasteiger charge is -2.36. The van der Waals surface area contributed by atoms with E-state index < -0.39 is 0 Å². The van der Waals surface area contributed by atoms with Crippen LogP contribution in [0, 0.1) is 13.8 Å². The molecule has 3 heterocycles. The second kappa shape index (κ2) is 8.11. The number of hydrogen-bond acceptors (Lipinski definition) is 5. The van der Waals surface area contributed by atoms with Crippen LogP contribution in [-0.4, -0.2) is 60.7 Å². The van der Waals surface area contributed by atoms with Gasteiger partial charge >= 0.3 is 6.09 Å². The number of anilines is 2. The molecule has 2 amide bonds. The summed E-state index contributed by atoms with van der Waals surface area (Å²) in [4.78, 5) is 35.8. The van der Waals surface area contributed by atoms with Crippen LogP contribution in [0.1, 0.15) is 52.7 Å². The van der Waals surface area contributed by atoms with Gasteiger partial charge in [-0.05, 0) is 74.4 Å². The molecule has 1 aromatic carbocycles. The molecular weight excluding hydrogens is 404 g/mol. The standard InChI is InChI=1S/C25H30N4O3/c1-16-13-21(29-18(3)15-32-25(29)31)6-7-22(16)24(30)28-10-8-27(9-11-28)23-17(2)12-20(14-26-23)19-4-5-19/h6-7,12-14,18-19H,4-5,8-11,15H2,1-3H3. The van der Waals surface area contributed by atoms with Gasteiger partial charge in [-0.25, -0.2) is 9.78 Å². The van der Waals surface area contributed by atoms with Crippen LogP contribution in [0.15, 0.2) is 30.5 Å². The number of aromatic nitrogens is 1. The number of hydrogen-bond donors (Lipinski definition) is 0. The van der Waals surface area contributed by atoms with E-state index in [0.717, 1.165) is 30.2 Å². The zero-order valence-corrected chi connectivity index (χ0v) is 19.0. The molecule has 32 heavy (non-hydrogen) atoms. The normalized spacial score (nSPS) is 21.2. The average Bonchev–Trinajstić information content (AvgIpc) is 3.58. The van der Waals surface area contributed by atoms with E-state index in [4.69, 9.17) is 9.72 Å². The second-order valence-corrected chi connectivity index (χ2v) is 9.26. The molecule has 7 nitrogen and oxygen atoms in total. The lowest BCUT2D eigenvalue weighted by atomic mass is 10.0. The quantitative estimate of drug-likeness (QED) is 0.731. The van der Waals surface area contributed by atoms with Crippen LogP contribution in [0.3, 0.4) is 0 Å². The van der Waals surface area contributed by atoms with E-state index in [9.17, 15) is 9.59 Å². The summed E-state index contributed by atoms with van der Waals surface area (Å²) in [6.45, 7) is 9.28. The summed E-state index contributed by atoms with van der Waals surface area (Å²) in [5.41, 5.74) is 4.90. The van der Waals surface area contributed by atoms with Gasteiger partial charge in [-0.1, -0.05) is 6.07 Å². The maximum atomic E-state index is 13.2. The smallest absolute Gasteiger partial charge is 0.414 e. The zero-order valence-electron chi connectivity index (χ0n) is 19.0. The van der Waals surface area contributed by atoms with Crippen molar-refractivity contribution >= 4 is 23.5 Å². The number of nitrogens with zero attached hydrogens (tertiary/aromatic N) is 4. The molecule has 2 aliphatic heterocycles. The first-order valence-corrected chi connectivity index (χ1v) is 11.5. The molecule has 0 N–H and O–H groups in total. The highest BCUT2D eigenvalue weighted by Gasteiger charge is 2.32. The highest BCUT2D eigenvalue weighted by Crippen LogP contribution is 2.40. The third-order valence-electron chi connectivity index (χ3n) is 6.79. The van der Waals surface area contributed by atoms with E-state index in [2.05, 4.69) is 17.9 Å². The molecule has 0 radical (unpaired) electrons. The van der Waals surface area contributed by atoms with Gasteiger partial charge in [-0.2, -0.15) is 0 Å². The van der Waals surface area contributed by atoms with Gasteiger partial charge < -0.3 is 14.5 Å². The van der Waals surface area contributed by atoms with Gasteiger partial charge in [0.05, 0.1) is 6.04 Å². The van der Waals surface area contributed by atoms with E-state index in [1.54, 1.807) is 4.90 Å². The van der Waals surface area contributed by atoms with E-state index in [-0.39, 0.29) is 18.0 Å². The Morgan fingerprint density at radius 3 is 2.41 bits per heavy atom. The number of aryl methyl sites for hydroxylation is 2. The average molecular weight is 435 g/mol. The van der Waals surface area contributed by atoms with Crippen LogP contribution >= 0.6 is 0 Å². The molecule has 5 rings (SSSR count). The molecule has 1 saturated carbocycles. The van der Waals surface area contributed by atoms with Crippen LogP contribution in [0.4, 0.5) is 16.3 Å². The van der Waals surface area contributed by atoms with Crippen LogP contribution in [-0.2, 0) is 4.74 Å². The molecule has 7 heteroatoms. The van der Waals surface area contributed by atoms with Crippen molar-refractivity contribution < 1.29 is 14.3 Å². The fourth-order valence-corrected chi connectivity index (χ4v) is 4.77. The van der Waals surface area contributed by atoms with Crippen LogP contribution in [0.5, 0.6) is 0 Å². The Morgan fingerprint density at radius 2 is 1.81 bits per heavy atom. The molecule has 3 aliphatic rings. The Morgan fingerprint density at radius 1 is 1.06 bits per heavy atom. The van der Waals surface area contributed by atoms with Crippen LogP contribution in [0.25, 0.3) is 0 Å². The minimum atomic E-state index is -0.332. The summed E-state index contributed by atoms with van der Waals surface area (Å²) in [5.74, 6) is 1.78. The predicted octanol–water partition coefficient (Wildman–Crippen LogP) is 3.88. The van der Waals surface area contributed by atoms with Gasteiger partial charge in [-0.3, -0.25) is 9.69 Å². The van der Waals surface area contributed by atoms with E-state index in [1.807, 2.05) is 43.1 Å². The van der Waals surface area contributed by atoms with Gasteiger partial charge in [0.2, 0.25) is 0 Å². The molecule has 2 aromatic rings. The minimum Gasteiger partial charge on any atom is -0.447 e. The SMILES string of the molecule is Cc1cc(N2C(=O)OCC2C)ccc1C(=O)N1CCN(c2ncc(C3CC3)cc2C)CC1. The number of piperazine rings is 1. The van der Waals surface area contributed by atoms with E-state index >= 15 is 0 Å². The van der Waals surface area contributed by atoms with Gasteiger partial charge in [0.15, 0.2) is 0 Å². The van der Waals surface area contributed by atoms with Crippen molar-refractivity contribution in [3.05, 3.63) is 52.7 Å². The van der Waals surface area contributed by atoms with Crippen molar-refractivity contribution in [3.63, 3.8) is 0 Å². The molecule has 2 saturated heterocycles. The van der Waals surface area contributed by atoms with Crippen molar-refractivity contribution in [2.75, 3.05) is 42.6 Å². The summed E-state index contributed by atoms with van der Waals surface area (Å²) >= 11 is 0. The number of pyridine rings is 1. The molecular formula is C25H30N4O3. The Labute approximate surface area is 189 Å². The highest BCUT2D eigenvalue weighted by atomic mass is 16.6. The fraction of sp³-hybridized carbons (Fsp3) is 0.480. The molecule has 1 aliphatic carbocycles. The Bertz CT molecular complexity index is 1060. The second-order valence-electron chi connectivity index (χ2n) is 9.26. The monoisotopic (exact) mass is 434 g/mol. The Kier molecular flexibility index (Phi) is 5.27. The van der Waals surface area contributed by atoms with E-state index in [0.29, 0.717) is 31.2 Å². The third kappa shape index (κ3) is 3.80. The molecule has 0 bridgehead atoms. The number of rotatable bonds is 4. The maximum Gasteiger partial charge on any atom is 0.414 e. The van der Waals surface area contributed by atoms with Crippen molar-refractivity contribution in [2.45, 2.75) is 45.6 Å². The summed E-state index contributed by atoms with van der Waals surface area (Å²) in [5, 5.41) is 0. The molecule has 1 unspecified atom stereocenters. The van der Waals surface area contributed by atoms with Crippen molar-refractivity contribution in [3.8, 4) is 0 Å². The number of carbonyl (C=O) groups excluding carboxylic acids is 2. The summed E-state index contributed by atoms with van der Waals surface area (Å²) in [7, 11) is 0. The lowest BCUT2D eigenvalue weighted by Crippen LogP contribution is -2.49. The maximum absolute atomic E-state index is 13.2. The van der Waals surface area contributed by atoms with Gasteiger partial charge in [-0.15, -0.1) is 0 Å². The Balaban J connectivity index is 1.25. The Hall–Kier alpha value is -3.09. The van der Waals surface area contributed by atoms with Crippen molar-refractivity contribution in [2.24, 2.45) is 0 Å². The van der Waals surface area contributed by atoms with Crippen LogP contribution in [0.2, 0.25) is 0 Å². The summed E-state index contributed by atoms with van der Waals surface area (Å²) in [6, 6.07) is 7.85. The third-order valence-corrected chi connectivity index (χ3v) is 6.79. The van der Waals surface area contributed by atoms with Crippen molar-refractivity contribution in [1.29, 1.82) is 0 Å². The topological polar surface area (TPSA) is 66.0 Å². The lowest BCUT2D eigenvalue weighted by molar-refractivity contribution is 0.0746. The number of amides is 2. The predicted molar refractivity (Wildman–Crippen MR) is 124 cm³/mol.